The van der Waals surface area contributed by atoms with Crippen molar-refractivity contribution in [2.24, 2.45) is 5.41 Å². The Morgan fingerprint density at radius 3 is 2.50 bits per heavy atom. The number of aryl methyl sites for hydroxylation is 2. The number of hydrogen-bond donors (Lipinski definition) is 0. The van der Waals surface area contributed by atoms with E-state index in [9.17, 15) is 4.79 Å². The topological polar surface area (TPSA) is 48.4 Å². The van der Waals surface area contributed by atoms with E-state index in [1.807, 2.05) is 33.9 Å². The van der Waals surface area contributed by atoms with Crippen molar-refractivity contribution < 1.29 is 14.3 Å². The molecule has 0 spiro atoms. The number of hydrogen-bond acceptors (Lipinski definition) is 5. The van der Waals surface area contributed by atoms with Gasteiger partial charge in [0.25, 0.3) is 0 Å². The molecule has 2 heterocycles. The highest BCUT2D eigenvalue weighted by molar-refractivity contribution is 7.16. The fraction of sp³-hybridized carbons (Fsp3) is 0.586. The van der Waals surface area contributed by atoms with Gasteiger partial charge in [-0.15, -0.1) is 11.3 Å². The molecule has 34 heavy (non-hydrogen) atoms. The molecule has 0 N–H and O–H groups in total. The highest BCUT2D eigenvalue weighted by Gasteiger charge is 2.36. The minimum absolute atomic E-state index is 0.289. The highest BCUT2D eigenvalue weighted by Crippen LogP contribution is 2.48. The van der Waals surface area contributed by atoms with E-state index in [0.29, 0.717) is 6.61 Å². The number of rotatable bonds is 8. The molecule has 186 valence electrons. The lowest BCUT2D eigenvalue weighted by Crippen LogP contribution is -2.29. The number of nitrogens with zero attached hydrogens (tertiary/aromatic N) is 1. The molecule has 2 aromatic rings. The maximum atomic E-state index is 13.2. The van der Waals surface area contributed by atoms with Crippen molar-refractivity contribution in [3.63, 3.8) is 0 Å². The first-order valence-electron chi connectivity index (χ1n) is 12.6. The third kappa shape index (κ3) is 6.37. The van der Waals surface area contributed by atoms with Crippen molar-refractivity contribution in [3.8, 4) is 10.6 Å². The van der Waals surface area contributed by atoms with Gasteiger partial charge in [-0.05, 0) is 82.9 Å². The third-order valence-electron chi connectivity index (χ3n) is 6.25. The van der Waals surface area contributed by atoms with Crippen LogP contribution >= 0.6 is 11.3 Å². The lowest BCUT2D eigenvalue weighted by molar-refractivity contribution is -0.166. The monoisotopic (exact) mass is 483 g/mol. The second-order valence-corrected chi connectivity index (χ2v) is 12.3. The molecule has 0 aromatic carbocycles. The molecule has 0 aliphatic heterocycles. The average molecular weight is 484 g/mol. The van der Waals surface area contributed by atoms with Gasteiger partial charge < -0.3 is 9.47 Å². The van der Waals surface area contributed by atoms with Crippen molar-refractivity contribution in [2.45, 2.75) is 99.2 Å². The number of carbonyl (C=O) groups excluding carboxylic acids is 1. The molecule has 0 bridgehead atoms. The zero-order valence-corrected chi connectivity index (χ0v) is 23.0. The van der Waals surface area contributed by atoms with E-state index in [1.54, 1.807) is 11.3 Å². The molecule has 0 saturated carbocycles. The number of allylic oxidation sites excluding steroid dienone is 2. The molecule has 0 radical (unpaired) electrons. The van der Waals surface area contributed by atoms with Crippen LogP contribution in [-0.2, 0) is 20.7 Å². The Balaban J connectivity index is 2.20. The van der Waals surface area contributed by atoms with Crippen LogP contribution in [0.15, 0.2) is 24.4 Å². The van der Waals surface area contributed by atoms with Crippen LogP contribution in [0, 0.1) is 12.3 Å². The zero-order valence-electron chi connectivity index (χ0n) is 22.2. The van der Waals surface area contributed by atoms with Gasteiger partial charge in [0.05, 0.1) is 22.8 Å². The Labute approximate surface area is 209 Å². The van der Waals surface area contributed by atoms with E-state index in [2.05, 4.69) is 45.9 Å². The first kappa shape index (κ1) is 26.6. The molecule has 0 saturated heterocycles. The van der Waals surface area contributed by atoms with Gasteiger partial charge in [-0.1, -0.05) is 39.3 Å². The smallest absolute Gasteiger partial charge is 0.340 e. The second kappa shape index (κ2) is 10.7. The van der Waals surface area contributed by atoms with Crippen LogP contribution in [0.1, 0.15) is 102 Å². The molecule has 4 nitrogen and oxygen atoms in total. The van der Waals surface area contributed by atoms with Crippen LogP contribution in [0.4, 0.5) is 0 Å². The fourth-order valence-electron chi connectivity index (χ4n) is 4.47. The summed E-state index contributed by atoms with van der Waals surface area (Å²) in [7, 11) is 0. The summed E-state index contributed by atoms with van der Waals surface area (Å²) in [5.41, 5.74) is 5.36. The first-order chi connectivity index (χ1) is 16.0. The number of esters is 1. The van der Waals surface area contributed by atoms with Crippen molar-refractivity contribution >= 4 is 22.9 Å². The maximum Gasteiger partial charge on any atom is 0.340 e. The highest BCUT2D eigenvalue weighted by atomic mass is 32.1. The lowest BCUT2D eigenvalue weighted by Gasteiger charge is -2.31. The van der Waals surface area contributed by atoms with Crippen LogP contribution < -0.4 is 0 Å². The van der Waals surface area contributed by atoms with Crippen LogP contribution in [0.2, 0.25) is 0 Å². The third-order valence-corrected chi connectivity index (χ3v) is 7.40. The Kier molecular flexibility index (Phi) is 8.41. The largest absolute Gasteiger partial charge is 0.464 e. The van der Waals surface area contributed by atoms with Crippen LogP contribution in [0.25, 0.3) is 16.1 Å². The van der Waals surface area contributed by atoms with Gasteiger partial charge in [0.2, 0.25) is 0 Å². The predicted octanol–water partition coefficient (Wildman–Crippen LogP) is 8.08. The van der Waals surface area contributed by atoms with Crippen molar-refractivity contribution in [3.05, 3.63) is 46.0 Å². The van der Waals surface area contributed by atoms with Gasteiger partial charge in [0, 0.05) is 22.2 Å². The van der Waals surface area contributed by atoms with E-state index in [-0.39, 0.29) is 11.4 Å². The molecule has 1 aliphatic rings. The minimum Gasteiger partial charge on any atom is -0.464 e. The van der Waals surface area contributed by atoms with Crippen molar-refractivity contribution in [2.75, 3.05) is 6.61 Å². The van der Waals surface area contributed by atoms with Gasteiger partial charge in [-0.3, -0.25) is 4.98 Å². The first-order valence-corrected chi connectivity index (χ1v) is 13.4. The predicted molar refractivity (Wildman–Crippen MR) is 142 cm³/mol. The molecular formula is C29H41NO3S. The quantitative estimate of drug-likeness (QED) is 0.356. The number of ether oxygens (including phenoxy) is 2. The summed E-state index contributed by atoms with van der Waals surface area (Å²) in [6.07, 6.45) is 8.81. The Morgan fingerprint density at radius 2 is 1.97 bits per heavy atom. The summed E-state index contributed by atoms with van der Waals surface area (Å²) in [6, 6.07) is 4.30. The minimum atomic E-state index is -0.768. The summed E-state index contributed by atoms with van der Waals surface area (Å²) < 4.78 is 11.9. The van der Waals surface area contributed by atoms with Gasteiger partial charge in [-0.2, -0.15) is 0 Å². The number of thiophene rings is 1. The Morgan fingerprint density at radius 1 is 1.24 bits per heavy atom. The zero-order chi connectivity index (χ0) is 25.1. The Bertz CT molecular complexity index is 1020. The van der Waals surface area contributed by atoms with E-state index in [1.165, 1.54) is 11.1 Å². The number of pyridine rings is 1. The molecule has 2 aromatic heterocycles. The number of carbonyl (C=O) groups is 1. The number of aromatic nitrogens is 1. The summed E-state index contributed by atoms with van der Waals surface area (Å²) in [6.45, 7) is 17.0. The summed E-state index contributed by atoms with van der Waals surface area (Å²) in [5.74, 6) is -0.325. The SMILES string of the molecule is CCCc1ccc(-c2sc(C)c(C(OC(C)(C)C)C(=O)OCC)c2C2=CCC(C)(C)CC2)nc1. The van der Waals surface area contributed by atoms with Gasteiger partial charge in [0.15, 0.2) is 6.10 Å². The van der Waals surface area contributed by atoms with Crippen LogP contribution in [0.3, 0.4) is 0 Å². The maximum absolute atomic E-state index is 13.2. The lowest BCUT2D eigenvalue weighted by atomic mass is 9.76. The fourth-order valence-corrected chi connectivity index (χ4v) is 5.66. The molecule has 5 heteroatoms. The van der Waals surface area contributed by atoms with Gasteiger partial charge >= 0.3 is 5.97 Å². The molecule has 0 amide bonds. The van der Waals surface area contributed by atoms with Crippen molar-refractivity contribution in [1.29, 1.82) is 0 Å². The molecular weight excluding hydrogens is 442 g/mol. The van der Waals surface area contributed by atoms with E-state index in [0.717, 1.165) is 58.7 Å². The summed E-state index contributed by atoms with van der Waals surface area (Å²) in [4.78, 5) is 20.2. The van der Waals surface area contributed by atoms with Crippen LogP contribution in [-0.4, -0.2) is 23.2 Å². The normalized spacial score (nSPS) is 16.8. The molecule has 1 aliphatic carbocycles. The molecule has 0 fully saturated rings. The molecule has 1 unspecified atom stereocenters. The average Bonchev–Trinajstić information content (AvgIpc) is 3.09. The summed E-state index contributed by atoms with van der Waals surface area (Å²) >= 11 is 1.71. The molecule has 3 rings (SSSR count). The Hall–Kier alpha value is -1.98. The van der Waals surface area contributed by atoms with E-state index >= 15 is 0 Å². The van der Waals surface area contributed by atoms with Crippen molar-refractivity contribution in [1.82, 2.24) is 4.98 Å². The summed E-state index contributed by atoms with van der Waals surface area (Å²) in [5, 5.41) is 0. The second-order valence-electron chi connectivity index (χ2n) is 11.0. The van der Waals surface area contributed by atoms with Gasteiger partial charge in [-0.25, -0.2) is 4.79 Å². The van der Waals surface area contributed by atoms with Crippen LogP contribution in [0.5, 0.6) is 0 Å². The molecule has 1 atom stereocenters. The van der Waals surface area contributed by atoms with E-state index in [4.69, 9.17) is 14.5 Å². The van der Waals surface area contributed by atoms with E-state index < -0.39 is 11.7 Å². The standard InChI is InChI=1S/C29H41NO3S/c1-9-11-20-12-13-22(30-18-20)26-24(21-14-16-29(7,8)17-15-21)23(19(3)34-26)25(27(31)32-10-2)33-28(4,5)6/h12-14,18,25H,9-11,15-17H2,1-8H3. The van der Waals surface area contributed by atoms with Gasteiger partial charge in [0.1, 0.15) is 0 Å².